The average Bonchev–Trinajstić information content (AvgIpc) is 3.63. The van der Waals surface area contributed by atoms with Gasteiger partial charge in [-0.05, 0) is 68.8 Å². The normalized spacial score (nSPS) is 16.8. The number of aromatic nitrogens is 3. The molecule has 2 amide bonds. The number of likely N-dealkylation sites (N-methyl/N-ethyl adjacent to an activating group) is 1. The predicted octanol–water partition coefficient (Wildman–Crippen LogP) is 4.96. The lowest BCUT2D eigenvalue weighted by Crippen LogP contribution is -2.45. The van der Waals surface area contributed by atoms with Crippen LogP contribution in [0.15, 0.2) is 55.0 Å². The van der Waals surface area contributed by atoms with Crippen LogP contribution in [-0.2, 0) is 16.4 Å². The van der Waals surface area contributed by atoms with Crippen molar-refractivity contribution in [2.75, 3.05) is 48.8 Å². The van der Waals surface area contributed by atoms with Crippen molar-refractivity contribution in [2.24, 2.45) is 0 Å². The number of nitrogens with zero attached hydrogens (tertiary/aromatic N) is 4. The van der Waals surface area contributed by atoms with Crippen LogP contribution in [0.1, 0.15) is 40.0 Å². The van der Waals surface area contributed by atoms with Gasteiger partial charge in [-0.15, -0.1) is 0 Å². The maximum Gasteiger partial charge on any atom is 0.418 e. The Bertz CT molecular complexity index is 1670. The first kappa shape index (κ1) is 27.7. The number of benzene rings is 2. The first-order valence-corrected chi connectivity index (χ1v) is 13.7. The Kier molecular flexibility index (Phi) is 6.88. The van der Waals surface area contributed by atoms with Crippen molar-refractivity contribution in [2.45, 2.75) is 31.4 Å². The quantitative estimate of drug-likeness (QED) is 0.299. The minimum absolute atomic E-state index is 0.0348. The summed E-state index contributed by atoms with van der Waals surface area (Å²) in [6.07, 6.45) is -0.155. The fraction of sp³-hybridized carbons (Fsp3) is 0.333. The summed E-state index contributed by atoms with van der Waals surface area (Å²) in [7, 11) is 1.94. The van der Waals surface area contributed by atoms with Gasteiger partial charge in [-0.1, -0.05) is 6.07 Å². The molecule has 2 aliphatic rings. The Morgan fingerprint density at radius 1 is 0.976 bits per heavy atom. The molecular weight excluding hydrogens is 547 g/mol. The van der Waals surface area contributed by atoms with Crippen molar-refractivity contribution in [1.29, 1.82) is 0 Å². The summed E-state index contributed by atoms with van der Waals surface area (Å²) < 4.78 is 42.1. The number of fused-ring (bicyclic) bond motifs is 1. The van der Waals surface area contributed by atoms with Crippen molar-refractivity contribution in [1.82, 2.24) is 19.9 Å². The molecule has 3 N–H and O–H groups in total. The molecule has 1 aliphatic carbocycles. The summed E-state index contributed by atoms with van der Waals surface area (Å²) in [6, 6.07) is 10.5. The second-order valence-corrected chi connectivity index (χ2v) is 11.0. The third-order valence-corrected chi connectivity index (χ3v) is 8.14. The highest BCUT2D eigenvalue weighted by Gasteiger charge is 2.53. The molecule has 0 spiro atoms. The van der Waals surface area contributed by atoms with E-state index in [9.17, 15) is 22.8 Å². The molecule has 2 aromatic carbocycles. The molecule has 9 nitrogen and oxygen atoms in total. The Morgan fingerprint density at radius 3 is 2.45 bits per heavy atom. The maximum atomic E-state index is 14.0. The van der Waals surface area contributed by atoms with E-state index in [1.807, 2.05) is 13.1 Å². The summed E-state index contributed by atoms with van der Waals surface area (Å²) in [4.78, 5) is 42.1. The summed E-state index contributed by atoms with van der Waals surface area (Å²) in [5.41, 5.74) is 1.23. The second kappa shape index (κ2) is 10.4. The highest BCUT2D eigenvalue weighted by atomic mass is 19.4. The van der Waals surface area contributed by atoms with Gasteiger partial charge in [0.15, 0.2) is 0 Å². The number of piperazine rings is 1. The average molecular weight is 578 g/mol. The third kappa shape index (κ3) is 5.18. The number of hydrogen-bond acceptors (Lipinski definition) is 6. The molecule has 0 atom stereocenters. The van der Waals surface area contributed by atoms with Gasteiger partial charge in [-0.3, -0.25) is 9.59 Å². The molecule has 12 heteroatoms. The van der Waals surface area contributed by atoms with E-state index in [0.29, 0.717) is 56.0 Å². The van der Waals surface area contributed by atoms with E-state index < -0.39 is 23.1 Å². The van der Waals surface area contributed by atoms with Crippen molar-refractivity contribution >= 4 is 39.9 Å². The molecule has 1 aliphatic heterocycles. The van der Waals surface area contributed by atoms with Gasteiger partial charge in [-0.2, -0.15) is 13.2 Å². The SMILES string of the molecule is Cc1ccc(C(=O)Nc2ccc(N3CCN(C)CC3)c(C(F)(F)F)c2)cc1NC(=O)C1(c2ncnc3[nH]ccc23)CC1. The minimum Gasteiger partial charge on any atom is -0.368 e. The van der Waals surface area contributed by atoms with Crippen molar-refractivity contribution in [3.63, 3.8) is 0 Å². The lowest BCUT2D eigenvalue weighted by atomic mass is 9.98. The molecule has 4 aromatic rings. The molecule has 6 rings (SSSR count). The number of carbonyl (C=O) groups is 2. The Balaban J connectivity index is 1.21. The molecule has 1 saturated carbocycles. The molecule has 0 unspecified atom stereocenters. The van der Waals surface area contributed by atoms with Crippen LogP contribution < -0.4 is 15.5 Å². The standard InChI is InChI=1S/C30H30F3N7O2/c1-18-3-4-19(15-23(18)38-28(42)29(8-9-29)25-21-7-10-34-26(21)36-17-35-25)27(41)37-20-5-6-24(22(16-20)30(31,32)33)40-13-11-39(2)12-14-40/h3-7,10,15-17H,8-9,11-14H2,1-2H3,(H,37,41)(H,38,42)(H,34,35,36). The van der Waals surface area contributed by atoms with Crippen LogP contribution in [0.25, 0.3) is 11.0 Å². The van der Waals surface area contributed by atoms with E-state index >= 15 is 0 Å². The van der Waals surface area contributed by atoms with Crippen molar-refractivity contribution < 1.29 is 22.8 Å². The van der Waals surface area contributed by atoms with Crippen LogP contribution in [0.3, 0.4) is 0 Å². The number of aromatic amines is 1. The molecule has 3 heterocycles. The van der Waals surface area contributed by atoms with Gasteiger partial charge in [0.25, 0.3) is 5.91 Å². The highest BCUT2D eigenvalue weighted by Crippen LogP contribution is 2.50. The number of carbonyl (C=O) groups excluding carboxylic acids is 2. The zero-order valence-electron chi connectivity index (χ0n) is 23.2. The monoisotopic (exact) mass is 577 g/mol. The van der Waals surface area contributed by atoms with E-state index in [0.717, 1.165) is 17.0 Å². The van der Waals surface area contributed by atoms with Crippen molar-refractivity contribution in [3.8, 4) is 0 Å². The van der Waals surface area contributed by atoms with Gasteiger partial charge in [0.1, 0.15) is 12.0 Å². The van der Waals surface area contributed by atoms with Gasteiger partial charge < -0.3 is 25.4 Å². The number of amides is 2. The van der Waals surface area contributed by atoms with Gasteiger partial charge in [0.05, 0.1) is 16.7 Å². The Morgan fingerprint density at radius 2 is 1.74 bits per heavy atom. The number of H-pyrrole nitrogens is 1. The number of alkyl halides is 3. The fourth-order valence-corrected chi connectivity index (χ4v) is 5.46. The van der Waals surface area contributed by atoms with E-state index in [2.05, 4.69) is 30.5 Å². The van der Waals surface area contributed by atoms with Crippen LogP contribution in [-0.4, -0.2) is 64.9 Å². The van der Waals surface area contributed by atoms with E-state index in [1.54, 1.807) is 30.2 Å². The van der Waals surface area contributed by atoms with Crippen LogP contribution in [0.4, 0.5) is 30.2 Å². The topological polar surface area (TPSA) is 106 Å². The molecule has 218 valence electrons. The number of aryl methyl sites for hydroxylation is 1. The summed E-state index contributed by atoms with van der Waals surface area (Å²) in [5, 5.41) is 6.33. The molecule has 1 saturated heterocycles. The lowest BCUT2D eigenvalue weighted by molar-refractivity contribution is -0.137. The van der Waals surface area contributed by atoms with Gasteiger partial charge in [0, 0.05) is 60.4 Å². The number of anilines is 3. The van der Waals surface area contributed by atoms with Gasteiger partial charge >= 0.3 is 6.18 Å². The molecular formula is C30H30F3N7O2. The number of nitrogens with one attached hydrogen (secondary N) is 3. The minimum atomic E-state index is -4.59. The number of halogens is 3. The zero-order chi connectivity index (χ0) is 29.6. The van der Waals surface area contributed by atoms with Crippen molar-refractivity contribution in [3.05, 3.63) is 77.4 Å². The van der Waals surface area contributed by atoms with Crippen LogP contribution in [0.2, 0.25) is 0 Å². The first-order chi connectivity index (χ1) is 20.0. The molecule has 2 aromatic heterocycles. The summed E-state index contributed by atoms with van der Waals surface area (Å²) >= 11 is 0. The number of hydrogen-bond donors (Lipinski definition) is 3. The fourth-order valence-electron chi connectivity index (χ4n) is 5.46. The largest absolute Gasteiger partial charge is 0.418 e. The Hall–Kier alpha value is -4.45. The maximum absolute atomic E-state index is 14.0. The summed E-state index contributed by atoms with van der Waals surface area (Å²) in [5.74, 6) is -0.824. The van der Waals surface area contributed by atoms with Crippen LogP contribution in [0.5, 0.6) is 0 Å². The highest BCUT2D eigenvalue weighted by molar-refractivity contribution is 6.07. The van der Waals surface area contributed by atoms with Gasteiger partial charge in [-0.25, -0.2) is 9.97 Å². The first-order valence-electron chi connectivity index (χ1n) is 13.7. The van der Waals surface area contributed by atoms with Gasteiger partial charge in [0.2, 0.25) is 5.91 Å². The summed E-state index contributed by atoms with van der Waals surface area (Å²) in [6.45, 7) is 4.10. The molecule has 0 radical (unpaired) electrons. The molecule has 2 fully saturated rings. The zero-order valence-corrected chi connectivity index (χ0v) is 23.2. The van der Waals surface area contributed by atoms with E-state index in [-0.39, 0.29) is 22.8 Å². The molecule has 0 bridgehead atoms. The van der Waals surface area contributed by atoms with E-state index in [4.69, 9.17) is 0 Å². The second-order valence-electron chi connectivity index (χ2n) is 11.0. The predicted molar refractivity (Wildman–Crippen MR) is 154 cm³/mol. The van der Waals surface area contributed by atoms with E-state index in [1.165, 1.54) is 24.5 Å². The Labute approximate surface area is 240 Å². The van der Waals surface area contributed by atoms with Crippen LogP contribution >= 0.6 is 0 Å². The number of rotatable bonds is 6. The van der Waals surface area contributed by atoms with Crippen LogP contribution in [0, 0.1) is 6.92 Å². The smallest absolute Gasteiger partial charge is 0.368 e. The third-order valence-electron chi connectivity index (χ3n) is 8.14. The lowest BCUT2D eigenvalue weighted by Gasteiger charge is -2.35. The molecule has 42 heavy (non-hydrogen) atoms.